The summed E-state index contributed by atoms with van der Waals surface area (Å²) in [5.74, 6) is 0. The lowest BCUT2D eigenvalue weighted by molar-refractivity contribution is 0.0281. The molecule has 0 rings (SSSR count). The van der Waals surface area contributed by atoms with E-state index in [1.54, 1.807) is 6.92 Å². The van der Waals surface area contributed by atoms with Crippen molar-refractivity contribution in [1.29, 1.82) is 0 Å². The van der Waals surface area contributed by atoms with Crippen LogP contribution in [0.4, 0.5) is 0 Å². The average molecular weight is 216 g/mol. The first-order valence-corrected chi connectivity index (χ1v) is 5.70. The molecule has 92 valence electrons. The molecular formula is C12H28N2O. The Hall–Kier alpha value is -0.120. The monoisotopic (exact) mass is 216 g/mol. The van der Waals surface area contributed by atoms with Crippen molar-refractivity contribution < 1.29 is 5.11 Å². The average Bonchev–Trinajstić information content (AvgIpc) is 2.00. The van der Waals surface area contributed by atoms with Crippen LogP contribution in [-0.2, 0) is 0 Å². The topological polar surface area (TPSA) is 49.5 Å². The highest BCUT2D eigenvalue weighted by Crippen LogP contribution is 2.19. The molecule has 3 nitrogen and oxygen atoms in total. The van der Waals surface area contributed by atoms with Gasteiger partial charge in [0, 0.05) is 19.1 Å². The van der Waals surface area contributed by atoms with Crippen molar-refractivity contribution in [1.82, 2.24) is 4.90 Å². The summed E-state index contributed by atoms with van der Waals surface area (Å²) in [6.07, 6.45) is 0.718. The lowest BCUT2D eigenvalue weighted by Crippen LogP contribution is -2.44. The smallest absolute Gasteiger partial charge is 0.0756 e. The van der Waals surface area contributed by atoms with Gasteiger partial charge >= 0.3 is 0 Å². The summed E-state index contributed by atoms with van der Waals surface area (Å²) >= 11 is 0. The van der Waals surface area contributed by atoms with Gasteiger partial charge in [-0.3, -0.25) is 0 Å². The Balaban J connectivity index is 4.16. The van der Waals surface area contributed by atoms with Crippen LogP contribution in [-0.4, -0.2) is 41.8 Å². The number of hydrogen-bond donors (Lipinski definition) is 2. The Labute approximate surface area is 94.6 Å². The third kappa shape index (κ3) is 6.88. The SMILES string of the molecule is CC(CC(C)(O)CN)N(C)CC(C)(C)C. The van der Waals surface area contributed by atoms with E-state index in [0.717, 1.165) is 13.0 Å². The molecular weight excluding hydrogens is 188 g/mol. The quantitative estimate of drug-likeness (QED) is 0.731. The molecule has 0 aromatic carbocycles. The largest absolute Gasteiger partial charge is 0.389 e. The van der Waals surface area contributed by atoms with Crippen molar-refractivity contribution in [3.8, 4) is 0 Å². The standard InChI is InChI=1S/C12H28N2O/c1-10(7-12(5,15)8-13)14(6)9-11(2,3)4/h10,15H,7-9,13H2,1-6H3. The summed E-state index contributed by atoms with van der Waals surface area (Å²) in [5, 5.41) is 9.89. The Morgan fingerprint density at radius 2 is 1.73 bits per heavy atom. The van der Waals surface area contributed by atoms with Gasteiger partial charge in [-0.2, -0.15) is 0 Å². The second-order valence-corrected chi connectivity index (χ2v) is 6.23. The van der Waals surface area contributed by atoms with E-state index >= 15 is 0 Å². The van der Waals surface area contributed by atoms with Gasteiger partial charge in [0.2, 0.25) is 0 Å². The van der Waals surface area contributed by atoms with E-state index in [2.05, 4.69) is 39.6 Å². The van der Waals surface area contributed by atoms with Crippen molar-refractivity contribution >= 4 is 0 Å². The maximum atomic E-state index is 9.89. The van der Waals surface area contributed by atoms with Crippen LogP contribution >= 0.6 is 0 Å². The zero-order valence-corrected chi connectivity index (χ0v) is 11.2. The van der Waals surface area contributed by atoms with Gasteiger partial charge in [0.15, 0.2) is 0 Å². The zero-order valence-electron chi connectivity index (χ0n) is 11.2. The molecule has 0 saturated carbocycles. The lowest BCUT2D eigenvalue weighted by atomic mass is 9.93. The van der Waals surface area contributed by atoms with Crippen LogP contribution in [0.1, 0.15) is 41.0 Å². The highest BCUT2D eigenvalue weighted by Gasteiger charge is 2.25. The van der Waals surface area contributed by atoms with E-state index in [0.29, 0.717) is 12.6 Å². The number of nitrogens with zero attached hydrogens (tertiary/aromatic N) is 1. The first kappa shape index (κ1) is 14.9. The van der Waals surface area contributed by atoms with Gasteiger partial charge in [-0.25, -0.2) is 0 Å². The maximum Gasteiger partial charge on any atom is 0.0756 e. The normalized spacial score (nSPS) is 19.0. The fraction of sp³-hybridized carbons (Fsp3) is 1.00. The minimum Gasteiger partial charge on any atom is -0.389 e. The summed E-state index contributed by atoms with van der Waals surface area (Å²) in [6, 6.07) is 0.350. The van der Waals surface area contributed by atoms with Crippen LogP contribution in [0, 0.1) is 5.41 Å². The highest BCUT2D eigenvalue weighted by molar-refractivity contribution is 4.81. The molecule has 0 aliphatic carbocycles. The van der Waals surface area contributed by atoms with Crippen LogP contribution < -0.4 is 5.73 Å². The maximum absolute atomic E-state index is 9.89. The molecule has 0 fully saturated rings. The molecule has 2 atom stereocenters. The van der Waals surface area contributed by atoms with Crippen LogP contribution in [0.25, 0.3) is 0 Å². The summed E-state index contributed by atoms with van der Waals surface area (Å²) < 4.78 is 0. The van der Waals surface area contributed by atoms with Gasteiger partial charge in [0.1, 0.15) is 0 Å². The van der Waals surface area contributed by atoms with E-state index in [1.807, 2.05) is 0 Å². The van der Waals surface area contributed by atoms with Crippen LogP contribution in [0.2, 0.25) is 0 Å². The predicted octanol–water partition coefficient (Wildman–Crippen LogP) is 1.45. The zero-order chi connectivity index (χ0) is 12.3. The van der Waals surface area contributed by atoms with Crippen molar-refractivity contribution in [2.24, 2.45) is 11.1 Å². The Morgan fingerprint density at radius 1 is 1.27 bits per heavy atom. The van der Waals surface area contributed by atoms with E-state index in [9.17, 15) is 5.11 Å². The molecule has 15 heavy (non-hydrogen) atoms. The molecule has 0 amide bonds. The first-order chi connectivity index (χ1) is 6.57. The summed E-state index contributed by atoms with van der Waals surface area (Å²) in [4.78, 5) is 2.28. The van der Waals surface area contributed by atoms with Crippen molar-refractivity contribution in [2.45, 2.75) is 52.7 Å². The van der Waals surface area contributed by atoms with Gasteiger partial charge in [-0.05, 0) is 32.7 Å². The summed E-state index contributed by atoms with van der Waals surface area (Å²) in [5.41, 5.74) is 5.06. The first-order valence-electron chi connectivity index (χ1n) is 5.70. The lowest BCUT2D eigenvalue weighted by Gasteiger charge is -2.34. The van der Waals surface area contributed by atoms with E-state index in [-0.39, 0.29) is 5.41 Å². The molecule has 0 aromatic heterocycles. The summed E-state index contributed by atoms with van der Waals surface area (Å²) in [6.45, 7) is 11.9. The van der Waals surface area contributed by atoms with Gasteiger partial charge < -0.3 is 15.7 Å². The Bertz CT molecular complexity index is 185. The molecule has 0 bridgehead atoms. The number of nitrogens with two attached hydrogens (primary N) is 1. The fourth-order valence-corrected chi connectivity index (χ4v) is 1.78. The van der Waals surface area contributed by atoms with Crippen LogP contribution in [0.15, 0.2) is 0 Å². The van der Waals surface area contributed by atoms with E-state index in [1.165, 1.54) is 0 Å². The van der Waals surface area contributed by atoms with Gasteiger partial charge in [-0.15, -0.1) is 0 Å². The Kier molecular flexibility index (Phi) is 5.24. The molecule has 0 heterocycles. The molecule has 3 N–H and O–H groups in total. The fourth-order valence-electron chi connectivity index (χ4n) is 1.78. The van der Waals surface area contributed by atoms with Crippen molar-refractivity contribution in [2.75, 3.05) is 20.1 Å². The van der Waals surface area contributed by atoms with E-state index in [4.69, 9.17) is 5.73 Å². The molecule has 0 aromatic rings. The van der Waals surface area contributed by atoms with Gasteiger partial charge in [-0.1, -0.05) is 20.8 Å². The minimum atomic E-state index is -0.744. The summed E-state index contributed by atoms with van der Waals surface area (Å²) in [7, 11) is 2.10. The van der Waals surface area contributed by atoms with E-state index < -0.39 is 5.60 Å². The van der Waals surface area contributed by atoms with Crippen LogP contribution in [0.5, 0.6) is 0 Å². The van der Waals surface area contributed by atoms with Gasteiger partial charge in [0.25, 0.3) is 0 Å². The molecule has 0 spiro atoms. The predicted molar refractivity (Wildman–Crippen MR) is 65.8 cm³/mol. The number of aliphatic hydroxyl groups is 1. The van der Waals surface area contributed by atoms with Crippen molar-refractivity contribution in [3.05, 3.63) is 0 Å². The third-order valence-corrected chi connectivity index (χ3v) is 2.65. The van der Waals surface area contributed by atoms with Gasteiger partial charge in [0.05, 0.1) is 5.60 Å². The Morgan fingerprint density at radius 3 is 2.07 bits per heavy atom. The number of rotatable bonds is 5. The molecule has 3 heteroatoms. The molecule has 0 radical (unpaired) electrons. The van der Waals surface area contributed by atoms with Crippen LogP contribution in [0.3, 0.4) is 0 Å². The van der Waals surface area contributed by atoms with Crippen molar-refractivity contribution in [3.63, 3.8) is 0 Å². The third-order valence-electron chi connectivity index (χ3n) is 2.65. The highest BCUT2D eigenvalue weighted by atomic mass is 16.3. The number of hydrogen-bond acceptors (Lipinski definition) is 3. The minimum absolute atomic E-state index is 0.289. The molecule has 0 aliphatic heterocycles. The second kappa shape index (κ2) is 5.28. The molecule has 2 unspecified atom stereocenters. The second-order valence-electron chi connectivity index (χ2n) is 6.23. The molecule has 0 aliphatic rings. The molecule has 0 saturated heterocycles.